The highest BCUT2D eigenvalue weighted by atomic mass is 32.1. The molecule has 0 bridgehead atoms. The van der Waals surface area contributed by atoms with Crippen molar-refractivity contribution in [2.45, 2.75) is 6.42 Å². The van der Waals surface area contributed by atoms with Crippen molar-refractivity contribution in [3.63, 3.8) is 0 Å². The Bertz CT molecular complexity index is 457. The monoisotopic (exact) mass is 230 g/mol. The van der Waals surface area contributed by atoms with Gasteiger partial charge in [-0.2, -0.15) is 0 Å². The highest BCUT2D eigenvalue weighted by Gasteiger charge is 1.98. The van der Waals surface area contributed by atoms with Crippen molar-refractivity contribution in [1.29, 1.82) is 0 Å². The Morgan fingerprint density at radius 1 is 1.19 bits per heavy atom. The molecule has 16 heavy (non-hydrogen) atoms. The summed E-state index contributed by atoms with van der Waals surface area (Å²) in [5.41, 5.74) is 1.22. The van der Waals surface area contributed by atoms with Gasteiger partial charge < -0.3 is 4.74 Å². The summed E-state index contributed by atoms with van der Waals surface area (Å²) in [6.45, 7) is 0. The lowest BCUT2D eigenvalue weighted by Gasteiger charge is -2.04. The van der Waals surface area contributed by atoms with Crippen LogP contribution in [0, 0.1) is 0 Å². The number of hydrogen-bond acceptors (Lipinski definition) is 2. The van der Waals surface area contributed by atoms with Crippen LogP contribution < -0.4 is 4.74 Å². The molecule has 0 aliphatic heterocycles. The minimum absolute atomic E-state index is 0.905. The van der Waals surface area contributed by atoms with Gasteiger partial charge in [-0.25, -0.2) is 0 Å². The molecule has 0 spiro atoms. The van der Waals surface area contributed by atoms with Crippen LogP contribution in [0.25, 0.3) is 6.08 Å². The van der Waals surface area contributed by atoms with Gasteiger partial charge in [0.25, 0.3) is 0 Å². The SMILES string of the molecule is COc1ccccc1C/C=C/c1cccs1. The van der Waals surface area contributed by atoms with Crippen molar-refractivity contribution in [2.75, 3.05) is 7.11 Å². The number of rotatable bonds is 4. The van der Waals surface area contributed by atoms with E-state index in [1.807, 2.05) is 18.2 Å². The van der Waals surface area contributed by atoms with E-state index < -0.39 is 0 Å². The summed E-state index contributed by atoms with van der Waals surface area (Å²) in [5, 5.41) is 2.09. The number of ether oxygens (including phenoxy) is 1. The first-order valence-corrected chi connectivity index (χ1v) is 6.10. The molecular weight excluding hydrogens is 216 g/mol. The Hall–Kier alpha value is -1.54. The topological polar surface area (TPSA) is 9.23 Å². The third kappa shape index (κ3) is 2.74. The first-order valence-electron chi connectivity index (χ1n) is 5.22. The molecule has 1 aromatic carbocycles. The molecule has 82 valence electrons. The van der Waals surface area contributed by atoms with E-state index in [1.165, 1.54) is 10.4 Å². The predicted octanol–water partition coefficient (Wildman–Crippen LogP) is 4.01. The molecular formula is C14H14OS. The van der Waals surface area contributed by atoms with Crippen LogP contribution in [0.2, 0.25) is 0 Å². The van der Waals surface area contributed by atoms with Crippen LogP contribution in [0.15, 0.2) is 47.9 Å². The van der Waals surface area contributed by atoms with E-state index in [2.05, 4.69) is 35.7 Å². The molecule has 0 saturated carbocycles. The van der Waals surface area contributed by atoms with Crippen molar-refractivity contribution >= 4 is 17.4 Å². The molecule has 0 aliphatic carbocycles. The molecule has 1 heterocycles. The second-order valence-electron chi connectivity index (χ2n) is 3.43. The Kier molecular flexibility index (Phi) is 3.78. The van der Waals surface area contributed by atoms with E-state index in [1.54, 1.807) is 18.4 Å². The van der Waals surface area contributed by atoms with Crippen LogP contribution >= 0.6 is 11.3 Å². The molecule has 0 atom stereocenters. The van der Waals surface area contributed by atoms with Gasteiger partial charge >= 0.3 is 0 Å². The van der Waals surface area contributed by atoms with Gasteiger partial charge in [-0.1, -0.05) is 30.3 Å². The zero-order valence-electron chi connectivity index (χ0n) is 9.22. The normalized spacial score (nSPS) is 10.8. The van der Waals surface area contributed by atoms with Gasteiger partial charge in [0.05, 0.1) is 7.11 Å². The van der Waals surface area contributed by atoms with Crippen molar-refractivity contribution in [3.05, 3.63) is 58.3 Å². The van der Waals surface area contributed by atoms with E-state index in [4.69, 9.17) is 4.74 Å². The molecule has 2 rings (SSSR count). The number of hydrogen-bond donors (Lipinski definition) is 0. The summed E-state index contributed by atoms with van der Waals surface area (Å²) in [5.74, 6) is 0.957. The van der Waals surface area contributed by atoms with Crippen molar-refractivity contribution in [3.8, 4) is 5.75 Å². The molecule has 0 saturated heterocycles. The van der Waals surface area contributed by atoms with Crippen LogP contribution in [-0.4, -0.2) is 7.11 Å². The van der Waals surface area contributed by atoms with Crippen molar-refractivity contribution < 1.29 is 4.74 Å². The summed E-state index contributed by atoms with van der Waals surface area (Å²) in [6.07, 6.45) is 5.22. The quantitative estimate of drug-likeness (QED) is 0.771. The first-order chi connectivity index (χ1) is 7.90. The van der Waals surface area contributed by atoms with Gasteiger partial charge in [-0.15, -0.1) is 11.3 Å². The Balaban J connectivity index is 2.04. The van der Waals surface area contributed by atoms with Gasteiger partial charge in [0.15, 0.2) is 0 Å². The Morgan fingerprint density at radius 3 is 2.81 bits per heavy atom. The average Bonchev–Trinajstić information content (AvgIpc) is 2.83. The molecule has 0 N–H and O–H groups in total. The molecule has 1 nitrogen and oxygen atoms in total. The Morgan fingerprint density at radius 2 is 2.06 bits per heavy atom. The molecule has 0 amide bonds. The van der Waals surface area contributed by atoms with Gasteiger partial charge in [0.1, 0.15) is 5.75 Å². The first kappa shape index (κ1) is 11.0. The summed E-state index contributed by atoms with van der Waals surface area (Å²) in [6, 6.07) is 12.3. The fourth-order valence-corrected chi connectivity index (χ4v) is 2.21. The fourth-order valence-electron chi connectivity index (χ4n) is 1.56. The lowest BCUT2D eigenvalue weighted by Crippen LogP contribution is -1.89. The van der Waals surface area contributed by atoms with E-state index in [0.717, 1.165) is 12.2 Å². The number of para-hydroxylation sites is 1. The summed E-state index contributed by atoms with van der Waals surface area (Å²) < 4.78 is 5.30. The largest absolute Gasteiger partial charge is 0.496 e. The number of methoxy groups -OCH3 is 1. The zero-order valence-corrected chi connectivity index (χ0v) is 10.0. The minimum atomic E-state index is 0.905. The van der Waals surface area contributed by atoms with E-state index in [9.17, 15) is 0 Å². The smallest absolute Gasteiger partial charge is 0.122 e. The molecule has 0 radical (unpaired) electrons. The highest BCUT2D eigenvalue weighted by molar-refractivity contribution is 7.10. The van der Waals surface area contributed by atoms with Gasteiger partial charge in [0, 0.05) is 4.88 Å². The second kappa shape index (κ2) is 5.52. The summed E-state index contributed by atoms with van der Waals surface area (Å²) in [4.78, 5) is 1.29. The maximum atomic E-state index is 5.30. The molecule has 2 aromatic rings. The fraction of sp³-hybridized carbons (Fsp3) is 0.143. The third-order valence-corrected chi connectivity index (χ3v) is 3.19. The van der Waals surface area contributed by atoms with E-state index in [0.29, 0.717) is 0 Å². The second-order valence-corrected chi connectivity index (χ2v) is 4.41. The van der Waals surface area contributed by atoms with Crippen molar-refractivity contribution in [2.24, 2.45) is 0 Å². The Labute approximate surface area is 100 Å². The van der Waals surface area contributed by atoms with Gasteiger partial charge in [-0.3, -0.25) is 0 Å². The van der Waals surface area contributed by atoms with E-state index in [-0.39, 0.29) is 0 Å². The third-order valence-electron chi connectivity index (χ3n) is 2.36. The maximum absolute atomic E-state index is 5.30. The highest BCUT2D eigenvalue weighted by Crippen LogP contribution is 2.19. The van der Waals surface area contributed by atoms with Crippen LogP contribution in [0.4, 0.5) is 0 Å². The maximum Gasteiger partial charge on any atom is 0.122 e. The van der Waals surface area contributed by atoms with Gasteiger partial charge in [0.2, 0.25) is 0 Å². The van der Waals surface area contributed by atoms with Crippen molar-refractivity contribution in [1.82, 2.24) is 0 Å². The minimum Gasteiger partial charge on any atom is -0.496 e. The van der Waals surface area contributed by atoms with Crippen LogP contribution in [-0.2, 0) is 6.42 Å². The van der Waals surface area contributed by atoms with Gasteiger partial charge in [-0.05, 0) is 35.6 Å². The summed E-state index contributed by atoms with van der Waals surface area (Å²) >= 11 is 1.75. The van der Waals surface area contributed by atoms with Crippen LogP contribution in [0.5, 0.6) is 5.75 Å². The lowest BCUT2D eigenvalue weighted by atomic mass is 10.1. The molecule has 0 aliphatic rings. The van der Waals surface area contributed by atoms with E-state index >= 15 is 0 Å². The number of allylic oxidation sites excluding steroid dienone is 1. The average molecular weight is 230 g/mol. The predicted molar refractivity (Wildman–Crippen MR) is 70.1 cm³/mol. The van der Waals surface area contributed by atoms with Crippen LogP contribution in [0.3, 0.4) is 0 Å². The molecule has 2 heteroatoms. The number of thiophene rings is 1. The standard InChI is InChI=1S/C14H14OS/c1-15-14-10-3-2-6-12(14)7-4-8-13-9-5-11-16-13/h2-6,8-11H,7H2,1H3/b8-4+. The molecule has 0 unspecified atom stereocenters. The zero-order chi connectivity index (χ0) is 11.2. The molecule has 1 aromatic heterocycles. The lowest BCUT2D eigenvalue weighted by molar-refractivity contribution is 0.411. The molecule has 0 fully saturated rings. The van der Waals surface area contributed by atoms with Crippen LogP contribution in [0.1, 0.15) is 10.4 Å². The number of benzene rings is 1. The summed E-state index contributed by atoms with van der Waals surface area (Å²) in [7, 11) is 1.71.